The van der Waals surface area contributed by atoms with E-state index in [9.17, 15) is 4.79 Å². The third kappa shape index (κ3) is 2.10. The van der Waals surface area contributed by atoms with Crippen LogP contribution in [0.1, 0.15) is 42.4 Å². The van der Waals surface area contributed by atoms with Crippen LogP contribution in [0.15, 0.2) is 12.3 Å². The summed E-state index contributed by atoms with van der Waals surface area (Å²) in [5.41, 5.74) is 2.08. The summed E-state index contributed by atoms with van der Waals surface area (Å²) in [6.07, 6.45) is 1.41. The van der Waals surface area contributed by atoms with Crippen molar-refractivity contribution in [2.45, 2.75) is 33.1 Å². The zero-order valence-corrected chi connectivity index (χ0v) is 8.96. The Hall–Kier alpha value is -1.38. The predicted octanol–water partition coefficient (Wildman–Crippen LogP) is 2.39. The fourth-order valence-corrected chi connectivity index (χ4v) is 1.48. The SMILES string of the molecule is Cc1cc(C(=O)O)cnc1C(C)(C)C. The molecule has 0 saturated carbocycles. The summed E-state index contributed by atoms with van der Waals surface area (Å²) in [6.45, 7) is 8.06. The summed E-state index contributed by atoms with van der Waals surface area (Å²) in [4.78, 5) is 14.9. The van der Waals surface area contributed by atoms with Gasteiger partial charge in [-0.2, -0.15) is 0 Å². The van der Waals surface area contributed by atoms with Gasteiger partial charge in [-0.05, 0) is 18.6 Å². The molecule has 0 aliphatic heterocycles. The molecular formula is C11H15NO2. The molecule has 3 heteroatoms. The van der Waals surface area contributed by atoms with Crippen molar-refractivity contribution in [2.75, 3.05) is 0 Å². The number of aromatic nitrogens is 1. The first-order valence-electron chi connectivity index (χ1n) is 4.53. The van der Waals surface area contributed by atoms with Crippen molar-refractivity contribution in [3.63, 3.8) is 0 Å². The van der Waals surface area contributed by atoms with E-state index in [2.05, 4.69) is 25.8 Å². The Morgan fingerprint density at radius 1 is 1.43 bits per heavy atom. The van der Waals surface area contributed by atoms with Gasteiger partial charge in [0.05, 0.1) is 5.56 Å². The summed E-state index contributed by atoms with van der Waals surface area (Å²) >= 11 is 0. The van der Waals surface area contributed by atoms with Gasteiger partial charge < -0.3 is 5.11 Å². The molecule has 0 spiro atoms. The molecule has 1 N–H and O–H groups in total. The first kappa shape index (κ1) is 10.7. The van der Waals surface area contributed by atoms with E-state index >= 15 is 0 Å². The van der Waals surface area contributed by atoms with Gasteiger partial charge in [0.1, 0.15) is 0 Å². The zero-order valence-electron chi connectivity index (χ0n) is 8.96. The molecule has 1 aromatic heterocycles. The first-order valence-corrected chi connectivity index (χ1v) is 4.53. The number of nitrogens with zero attached hydrogens (tertiary/aromatic N) is 1. The molecule has 0 fully saturated rings. The Morgan fingerprint density at radius 3 is 2.36 bits per heavy atom. The molecule has 0 atom stereocenters. The predicted molar refractivity (Wildman–Crippen MR) is 54.6 cm³/mol. The van der Waals surface area contributed by atoms with Gasteiger partial charge >= 0.3 is 5.97 Å². The van der Waals surface area contributed by atoms with Crippen LogP contribution in [0.25, 0.3) is 0 Å². The molecule has 0 aliphatic rings. The number of hydrogen-bond donors (Lipinski definition) is 1. The Labute approximate surface area is 83.8 Å². The Kier molecular flexibility index (Phi) is 2.60. The molecule has 0 aromatic carbocycles. The molecule has 0 radical (unpaired) electrons. The molecular weight excluding hydrogens is 178 g/mol. The zero-order chi connectivity index (χ0) is 10.9. The van der Waals surface area contributed by atoms with Crippen LogP contribution in [0.5, 0.6) is 0 Å². The lowest BCUT2D eigenvalue weighted by atomic mass is 9.88. The normalized spacial score (nSPS) is 11.4. The van der Waals surface area contributed by atoms with Gasteiger partial charge in [-0.25, -0.2) is 4.79 Å². The van der Waals surface area contributed by atoms with E-state index in [4.69, 9.17) is 5.11 Å². The molecule has 1 aromatic rings. The fourth-order valence-electron chi connectivity index (χ4n) is 1.48. The van der Waals surface area contributed by atoms with Gasteiger partial charge in [-0.1, -0.05) is 20.8 Å². The monoisotopic (exact) mass is 193 g/mol. The van der Waals surface area contributed by atoms with Crippen LogP contribution in [0.3, 0.4) is 0 Å². The van der Waals surface area contributed by atoms with Crippen molar-refractivity contribution >= 4 is 5.97 Å². The largest absolute Gasteiger partial charge is 0.478 e. The van der Waals surface area contributed by atoms with Gasteiger partial charge in [0.2, 0.25) is 0 Å². The minimum Gasteiger partial charge on any atom is -0.478 e. The van der Waals surface area contributed by atoms with Crippen molar-refractivity contribution < 1.29 is 9.90 Å². The van der Waals surface area contributed by atoms with Gasteiger partial charge in [0, 0.05) is 17.3 Å². The summed E-state index contributed by atoms with van der Waals surface area (Å²) in [6, 6.07) is 1.66. The van der Waals surface area contributed by atoms with Crippen LogP contribution >= 0.6 is 0 Å². The minimum atomic E-state index is -0.930. The maximum atomic E-state index is 10.7. The van der Waals surface area contributed by atoms with Crippen LogP contribution in [0.2, 0.25) is 0 Å². The smallest absolute Gasteiger partial charge is 0.337 e. The summed E-state index contributed by atoms with van der Waals surface area (Å²) < 4.78 is 0. The molecule has 76 valence electrons. The second-order valence-electron chi connectivity index (χ2n) is 4.44. The third-order valence-electron chi connectivity index (χ3n) is 2.04. The highest BCUT2D eigenvalue weighted by Gasteiger charge is 2.18. The van der Waals surface area contributed by atoms with Gasteiger partial charge in [-0.15, -0.1) is 0 Å². The fraction of sp³-hybridized carbons (Fsp3) is 0.455. The lowest BCUT2D eigenvalue weighted by Gasteiger charge is -2.20. The molecule has 3 nitrogen and oxygen atoms in total. The molecule has 0 bridgehead atoms. The summed E-state index contributed by atoms with van der Waals surface area (Å²) in [5, 5.41) is 8.76. The lowest BCUT2D eigenvalue weighted by molar-refractivity contribution is 0.0696. The minimum absolute atomic E-state index is 0.0406. The van der Waals surface area contributed by atoms with Crippen LogP contribution in [-0.4, -0.2) is 16.1 Å². The lowest BCUT2D eigenvalue weighted by Crippen LogP contribution is -2.16. The van der Waals surface area contributed by atoms with Crippen LogP contribution in [0.4, 0.5) is 0 Å². The van der Waals surface area contributed by atoms with E-state index in [1.165, 1.54) is 6.20 Å². The maximum Gasteiger partial charge on any atom is 0.337 e. The highest BCUT2D eigenvalue weighted by atomic mass is 16.4. The molecule has 1 rings (SSSR count). The van der Waals surface area contributed by atoms with E-state index in [-0.39, 0.29) is 11.0 Å². The number of pyridine rings is 1. The van der Waals surface area contributed by atoms with Gasteiger partial charge in [0.15, 0.2) is 0 Å². The number of carbonyl (C=O) groups is 1. The van der Waals surface area contributed by atoms with Crippen LogP contribution < -0.4 is 0 Å². The van der Waals surface area contributed by atoms with E-state index in [1.54, 1.807) is 6.07 Å². The number of aromatic carboxylic acids is 1. The molecule has 0 saturated heterocycles. The molecule has 1 heterocycles. The van der Waals surface area contributed by atoms with Crippen molar-refractivity contribution in [3.8, 4) is 0 Å². The molecule has 0 aliphatic carbocycles. The molecule has 0 unspecified atom stereocenters. The number of rotatable bonds is 1. The third-order valence-corrected chi connectivity index (χ3v) is 2.04. The second kappa shape index (κ2) is 3.40. The average Bonchev–Trinajstić information content (AvgIpc) is 2.01. The summed E-state index contributed by atoms with van der Waals surface area (Å²) in [7, 11) is 0. The number of carboxylic acids is 1. The van der Waals surface area contributed by atoms with Crippen molar-refractivity contribution in [1.82, 2.24) is 4.98 Å². The van der Waals surface area contributed by atoms with Crippen LogP contribution in [-0.2, 0) is 5.41 Å². The number of aryl methyl sites for hydroxylation is 1. The van der Waals surface area contributed by atoms with E-state index in [0.29, 0.717) is 0 Å². The molecule has 0 amide bonds. The Balaban J connectivity index is 3.21. The molecule has 14 heavy (non-hydrogen) atoms. The van der Waals surface area contributed by atoms with Crippen molar-refractivity contribution in [2.24, 2.45) is 0 Å². The Bertz CT molecular complexity index is 364. The summed E-state index contributed by atoms with van der Waals surface area (Å²) in [5.74, 6) is -0.930. The number of hydrogen-bond acceptors (Lipinski definition) is 2. The van der Waals surface area contributed by atoms with Crippen LogP contribution in [0, 0.1) is 6.92 Å². The van der Waals surface area contributed by atoms with Gasteiger partial charge in [-0.3, -0.25) is 4.98 Å². The van der Waals surface area contributed by atoms with Crippen molar-refractivity contribution in [1.29, 1.82) is 0 Å². The number of carboxylic acid groups (broad SMARTS) is 1. The van der Waals surface area contributed by atoms with Gasteiger partial charge in [0.25, 0.3) is 0 Å². The van der Waals surface area contributed by atoms with E-state index in [1.807, 2.05) is 6.92 Å². The first-order chi connectivity index (χ1) is 6.32. The van der Waals surface area contributed by atoms with E-state index < -0.39 is 5.97 Å². The maximum absolute atomic E-state index is 10.7. The second-order valence-corrected chi connectivity index (χ2v) is 4.44. The Morgan fingerprint density at radius 2 is 2.00 bits per heavy atom. The van der Waals surface area contributed by atoms with E-state index in [0.717, 1.165) is 11.3 Å². The highest BCUT2D eigenvalue weighted by Crippen LogP contribution is 2.23. The highest BCUT2D eigenvalue weighted by molar-refractivity contribution is 5.87. The average molecular weight is 193 g/mol. The van der Waals surface area contributed by atoms with Crippen molar-refractivity contribution in [3.05, 3.63) is 29.1 Å². The topological polar surface area (TPSA) is 50.2 Å². The quantitative estimate of drug-likeness (QED) is 0.745. The standard InChI is InChI=1S/C11H15NO2/c1-7-5-8(10(13)14)6-12-9(7)11(2,3)4/h5-6H,1-4H3,(H,13,14).